The van der Waals surface area contributed by atoms with Gasteiger partial charge in [0.2, 0.25) is 0 Å². The number of thiophene rings is 1. The normalized spacial score (nSPS) is 15.8. The minimum Gasteiger partial charge on any atom is -0.372 e. The molecule has 5 heteroatoms. The topological polar surface area (TPSA) is 41.0 Å². The second-order valence-corrected chi connectivity index (χ2v) is 7.87. The van der Waals surface area contributed by atoms with E-state index in [0.29, 0.717) is 0 Å². The predicted molar refractivity (Wildman–Crippen MR) is 102 cm³/mol. The average Bonchev–Trinajstić information content (AvgIpc) is 2.98. The molecule has 2 aromatic heterocycles. The Bertz CT molecular complexity index is 832. The van der Waals surface area contributed by atoms with Crippen LogP contribution < -0.4 is 10.2 Å². The van der Waals surface area contributed by atoms with Crippen molar-refractivity contribution in [1.29, 1.82) is 0 Å². The molecule has 0 bridgehead atoms. The monoisotopic (exact) mass is 338 g/mol. The molecule has 0 radical (unpaired) electrons. The molecule has 3 aromatic rings. The number of aryl methyl sites for hydroxylation is 1. The van der Waals surface area contributed by atoms with E-state index in [2.05, 4.69) is 64.4 Å². The van der Waals surface area contributed by atoms with Crippen LogP contribution in [0.4, 0.5) is 17.2 Å². The molecule has 0 saturated carbocycles. The molecule has 0 unspecified atom stereocenters. The fraction of sp³-hybridized carbons (Fsp3) is 0.368. The standard InChI is InChI=1S/C19H22N4S/c1-13-7-9-23(10-8-13)16-5-3-15(4-6-16)22-18-17-11-14(2)24-19(17)21-12-20-18/h3-6,11-13H,7-10H2,1-2H3,(H,20,21,22). The molecular weight excluding hydrogens is 316 g/mol. The van der Waals surface area contributed by atoms with Crippen molar-refractivity contribution in [3.05, 3.63) is 41.5 Å². The van der Waals surface area contributed by atoms with Crippen LogP contribution in [-0.2, 0) is 0 Å². The average molecular weight is 338 g/mol. The molecule has 3 heterocycles. The summed E-state index contributed by atoms with van der Waals surface area (Å²) in [6.45, 7) is 6.77. The number of anilines is 3. The lowest BCUT2D eigenvalue weighted by Crippen LogP contribution is -2.32. The van der Waals surface area contributed by atoms with Crippen LogP contribution >= 0.6 is 11.3 Å². The van der Waals surface area contributed by atoms with E-state index >= 15 is 0 Å². The number of piperidine rings is 1. The van der Waals surface area contributed by atoms with E-state index < -0.39 is 0 Å². The van der Waals surface area contributed by atoms with Crippen molar-refractivity contribution in [3.8, 4) is 0 Å². The maximum Gasteiger partial charge on any atom is 0.142 e. The smallest absolute Gasteiger partial charge is 0.142 e. The number of hydrogen-bond acceptors (Lipinski definition) is 5. The van der Waals surface area contributed by atoms with E-state index in [-0.39, 0.29) is 0 Å². The summed E-state index contributed by atoms with van der Waals surface area (Å²) in [6.07, 6.45) is 4.21. The zero-order valence-electron chi connectivity index (χ0n) is 14.1. The third-order valence-electron chi connectivity index (χ3n) is 4.73. The summed E-state index contributed by atoms with van der Waals surface area (Å²) in [6, 6.07) is 10.8. The Morgan fingerprint density at radius 3 is 2.62 bits per heavy atom. The van der Waals surface area contributed by atoms with Gasteiger partial charge in [0, 0.05) is 29.3 Å². The van der Waals surface area contributed by atoms with Gasteiger partial charge in [-0.1, -0.05) is 6.92 Å². The minimum absolute atomic E-state index is 0.858. The largest absolute Gasteiger partial charge is 0.372 e. The van der Waals surface area contributed by atoms with Gasteiger partial charge in [0.1, 0.15) is 17.0 Å². The van der Waals surface area contributed by atoms with Crippen molar-refractivity contribution in [2.24, 2.45) is 5.92 Å². The lowest BCUT2D eigenvalue weighted by molar-refractivity contribution is 0.438. The Labute approximate surface area is 146 Å². The molecule has 4 nitrogen and oxygen atoms in total. The third-order valence-corrected chi connectivity index (χ3v) is 5.69. The molecule has 1 fully saturated rings. The number of benzene rings is 1. The first-order valence-corrected chi connectivity index (χ1v) is 9.34. The minimum atomic E-state index is 0.858. The molecule has 1 saturated heterocycles. The molecule has 0 spiro atoms. The van der Waals surface area contributed by atoms with Crippen molar-refractivity contribution < 1.29 is 0 Å². The highest BCUT2D eigenvalue weighted by molar-refractivity contribution is 7.18. The van der Waals surface area contributed by atoms with Crippen molar-refractivity contribution in [2.75, 3.05) is 23.3 Å². The highest BCUT2D eigenvalue weighted by atomic mass is 32.1. The molecule has 1 aliphatic heterocycles. The van der Waals surface area contributed by atoms with Crippen molar-refractivity contribution in [3.63, 3.8) is 0 Å². The van der Waals surface area contributed by atoms with Gasteiger partial charge in [-0.15, -0.1) is 11.3 Å². The van der Waals surface area contributed by atoms with E-state index in [4.69, 9.17) is 0 Å². The molecule has 1 aromatic carbocycles. The van der Waals surface area contributed by atoms with Crippen LogP contribution in [0.3, 0.4) is 0 Å². The number of nitrogens with one attached hydrogen (secondary N) is 1. The SMILES string of the molecule is Cc1cc2c(Nc3ccc(N4CCC(C)CC4)cc3)ncnc2s1. The van der Waals surface area contributed by atoms with Gasteiger partial charge < -0.3 is 10.2 Å². The van der Waals surface area contributed by atoms with Gasteiger partial charge in [-0.3, -0.25) is 0 Å². The molecule has 1 aliphatic rings. The van der Waals surface area contributed by atoms with E-state index in [1.165, 1.54) is 23.4 Å². The molecule has 124 valence electrons. The molecule has 1 N–H and O–H groups in total. The zero-order valence-corrected chi connectivity index (χ0v) is 14.9. The Hall–Kier alpha value is -2.14. The van der Waals surface area contributed by atoms with Crippen LogP contribution in [0.2, 0.25) is 0 Å². The number of nitrogens with zero attached hydrogens (tertiary/aromatic N) is 3. The third kappa shape index (κ3) is 3.08. The van der Waals surface area contributed by atoms with Crippen LogP contribution in [0.15, 0.2) is 36.7 Å². The fourth-order valence-electron chi connectivity index (χ4n) is 3.23. The molecular formula is C19H22N4S. The lowest BCUT2D eigenvalue weighted by atomic mass is 9.99. The number of rotatable bonds is 3. The Morgan fingerprint density at radius 2 is 1.88 bits per heavy atom. The van der Waals surface area contributed by atoms with Crippen LogP contribution in [0.5, 0.6) is 0 Å². The molecule has 0 amide bonds. The van der Waals surface area contributed by atoms with Crippen LogP contribution in [0.1, 0.15) is 24.6 Å². The van der Waals surface area contributed by atoms with Crippen molar-refractivity contribution in [2.45, 2.75) is 26.7 Å². The zero-order chi connectivity index (χ0) is 16.5. The quantitative estimate of drug-likeness (QED) is 0.731. The van der Waals surface area contributed by atoms with E-state index in [9.17, 15) is 0 Å². The number of fused-ring (bicyclic) bond motifs is 1. The lowest BCUT2D eigenvalue weighted by Gasteiger charge is -2.32. The summed E-state index contributed by atoms with van der Waals surface area (Å²) in [4.78, 5) is 13.5. The highest BCUT2D eigenvalue weighted by Crippen LogP contribution is 2.30. The number of aromatic nitrogens is 2. The summed E-state index contributed by atoms with van der Waals surface area (Å²) in [5.41, 5.74) is 2.37. The van der Waals surface area contributed by atoms with Crippen molar-refractivity contribution in [1.82, 2.24) is 9.97 Å². The predicted octanol–water partition coefficient (Wildman–Crippen LogP) is 4.98. The first-order chi connectivity index (χ1) is 11.7. The van der Waals surface area contributed by atoms with Gasteiger partial charge in [0.25, 0.3) is 0 Å². The van der Waals surface area contributed by atoms with Crippen LogP contribution in [0.25, 0.3) is 10.2 Å². The first-order valence-electron chi connectivity index (χ1n) is 8.52. The summed E-state index contributed by atoms with van der Waals surface area (Å²) in [7, 11) is 0. The van der Waals surface area contributed by atoms with E-state index in [1.54, 1.807) is 17.7 Å². The maximum atomic E-state index is 4.41. The molecule has 0 aliphatic carbocycles. The van der Waals surface area contributed by atoms with Crippen LogP contribution in [0, 0.1) is 12.8 Å². The Balaban J connectivity index is 1.52. The number of hydrogen-bond donors (Lipinski definition) is 1. The van der Waals surface area contributed by atoms with Gasteiger partial charge in [-0.05, 0) is 56.0 Å². The maximum absolute atomic E-state index is 4.41. The fourth-order valence-corrected chi connectivity index (χ4v) is 4.08. The Kier molecular flexibility index (Phi) is 4.10. The van der Waals surface area contributed by atoms with Gasteiger partial charge in [0.05, 0.1) is 5.39 Å². The van der Waals surface area contributed by atoms with Gasteiger partial charge in [-0.2, -0.15) is 0 Å². The van der Waals surface area contributed by atoms with Gasteiger partial charge >= 0.3 is 0 Å². The van der Waals surface area contributed by atoms with Crippen LogP contribution in [-0.4, -0.2) is 23.1 Å². The van der Waals surface area contributed by atoms with Gasteiger partial charge in [-0.25, -0.2) is 9.97 Å². The second-order valence-electron chi connectivity index (χ2n) is 6.64. The summed E-state index contributed by atoms with van der Waals surface area (Å²) >= 11 is 1.70. The first kappa shape index (κ1) is 15.4. The molecule has 4 rings (SSSR count). The highest BCUT2D eigenvalue weighted by Gasteiger charge is 2.16. The van der Waals surface area contributed by atoms with Gasteiger partial charge in [0.15, 0.2) is 0 Å². The van der Waals surface area contributed by atoms with E-state index in [1.807, 2.05) is 0 Å². The molecule has 0 atom stereocenters. The summed E-state index contributed by atoms with van der Waals surface area (Å²) < 4.78 is 0. The van der Waals surface area contributed by atoms with E-state index in [0.717, 1.165) is 40.7 Å². The summed E-state index contributed by atoms with van der Waals surface area (Å²) in [5, 5.41) is 4.53. The second kappa shape index (κ2) is 6.40. The Morgan fingerprint density at radius 1 is 1.12 bits per heavy atom. The summed E-state index contributed by atoms with van der Waals surface area (Å²) in [5.74, 6) is 1.74. The molecule has 24 heavy (non-hydrogen) atoms. The van der Waals surface area contributed by atoms with Crippen molar-refractivity contribution >= 4 is 38.7 Å².